The minimum absolute atomic E-state index is 0.0354. The lowest BCUT2D eigenvalue weighted by atomic mass is 9.43. The van der Waals surface area contributed by atoms with Gasteiger partial charge >= 0.3 is 0 Å². The van der Waals surface area contributed by atoms with Crippen molar-refractivity contribution in [3.63, 3.8) is 0 Å². The summed E-state index contributed by atoms with van der Waals surface area (Å²) < 4.78 is 6.05. The summed E-state index contributed by atoms with van der Waals surface area (Å²) in [6, 6.07) is 0. The van der Waals surface area contributed by atoms with Crippen LogP contribution in [0.5, 0.6) is 0 Å². The smallest absolute Gasteiger partial charge is 0.164 e. The highest BCUT2D eigenvalue weighted by Crippen LogP contribution is 2.72. The van der Waals surface area contributed by atoms with Crippen molar-refractivity contribution < 1.29 is 19.7 Å². The summed E-state index contributed by atoms with van der Waals surface area (Å²) in [5, 5.41) is 22.9. The van der Waals surface area contributed by atoms with Crippen LogP contribution in [0.1, 0.15) is 80.1 Å². The summed E-state index contributed by atoms with van der Waals surface area (Å²) in [5.74, 6) is 3.27. The van der Waals surface area contributed by atoms with E-state index in [-0.39, 0.29) is 29.1 Å². The van der Waals surface area contributed by atoms with Crippen molar-refractivity contribution in [2.24, 2.45) is 52.3 Å². The third-order valence-corrected chi connectivity index (χ3v) is 11.5. The van der Waals surface area contributed by atoms with E-state index in [9.17, 15) is 15.0 Å². The highest BCUT2D eigenvalue weighted by molar-refractivity contribution is 5.98. The second-order valence-electron chi connectivity index (χ2n) is 13.0. The number of hydrogen-bond donors (Lipinski definition) is 2. The molecular formula is C28H44O4. The molecule has 4 fully saturated rings. The summed E-state index contributed by atoms with van der Waals surface area (Å²) in [7, 11) is 0. The van der Waals surface area contributed by atoms with Crippen molar-refractivity contribution in [1.29, 1.82) is 0 Å². The van der Waals surface area contributed by atoms with Gasteiger partial charge in [0.05, 0.1) is 17.6 Å². The Balaban J connectivity index is 1.42. The number of carbonyl (C=O) groups excluding carboxylic acids is 1. The molecule has 4 heteroatoms. The average molecular weight is 445 g/mol. The predicted octanol–water partition coefficient (Wildman–Crippen LogP) is 4.77. The van der Waals surface area contributed by atoms with Crippen LogP contribution < -0.4 is 0 Å². The Bertz CT molecular complexity index is 805. The van der Waals surface area contributed by atoms with Crippen LogP contribution in [0.25, 0.3) is 0 Å². The fourth-order valence-corrected chi connectivity index (χ4v) is 9.32. The highest BCUT2D eigenvalue weighted by Gasteiger charge is 2.80. The number of ether oxygens (including phenoxy) is 1. The molecule has 5 aliphatic rings. The number of aliphatic hydroxyl groups is 2. The molecule has 5 rings (SSSR count). The summed E-state index contributed by atoms with van der Waals surface area (Å²) in [6.07, 6.45) is 8.45. The van der Waals surface area contributed by atoms with Crippen molar-refractivity contribution >= 4 is 5.78 Å². The third kappa shape index (κ3) is 2.81. The zero-order chi connectivity index (χ0) is 23.2. The Kier molecular flexibility index (Phi) is 5.33. The Hall–Kier alpha value is -0.710. The monoisotopic (exact) mass is 444 g/mol. The lowest BCUT2D eigenvalue weighted by molar-refractivity contribution is -0.197. The molecule has 1 aliphatic heterocycles. The Morgan fingerprint density at radius 2 is 1.84 bits per heavy atom. The number of rotatable bonds is 5. The largest absolute Gasteiger partial charge is 0.393 e. The third-order valence-electron chi connectivity index (χ3n) is 11.5. The van der Waals surface area contributed by atoms with E-state index < -0.39 is 23.2 Å². The summed E-state index contributed by atoms with van der Waals surface area (Å²) in [4.78, 5) is 13.3. The van der Waals surface area contributed by atoms with E-state index in [0.717, 1.165) is 24.7 Å². The van der Waals surface area contributed by atoms with Crippen LogP contribution in [0.4, 0.5) is 0 Å². The van der Waals surface area contributed by atoms with Gasteiger partial charge < -0.3 is 14.9 Å². The van der Waals surface area contributed by atoms with Crippen molar-refractivity contribution in [1.82, 2.24) is 0 Å². The van der Waals surface area contributed by atoms with E-state index in [1.165, 1.54) is 19.3 Å². The van der Waals surface area contributed by atoms with Gasteiger partial charge in [-0.1, -0.05) is 47.5 Å². The van der Waals surface area contributed by atoms with E-state index >= 15 is 0 Å². The normalized spacial score (nSPS) is 53.3. The fraction of sp³-hybridized carbons (Fsp3) is 0.893. The Labute approximate surface area is 194 Å². The molecule has 0 unspecified atom stereocenters. The molecule has 4 nitrogen and oxygen atoms in total. The molecule has 4 aliphatic carbocycles. The van der Waals surface area contributed by atoms with Crippen LogP contribution in [0.15, 0.2) is 12.2 Å². The lowest BCUT2D eigenvalue weighted by Gasteiger charge is -2.61. The SMILES string of the molecule is CC(C)[C@@H](C)CC[C@@H](C)[C@H]1CC[C@H]2[C@@H]3C[C@@H](O)[C@]45O[C@H]4C=CC(=O)[C@]5(C)[C@H]3[C@H](O)C[C@]12C. The summed E-state index contributed by atoms with van der Waals surface area (Å²) in [5.41, 5.74) is -1.56. The molecule has 2 N–H and O–H groups in total. The number of hydrogen-bond acceptors (Lipinski definition) is 4. The van der Waals surface area contributed by atoms with Crippen LogP contribution in [0, 0.1) is 52.3 Å². The molecule has 0 aromatic carbocycles. The molecule has 32 heavy (non-hydrogen) atoms. The van der Waals surface area contributed by atoms with E-state index in [4.69, 9.17) is 4.74 Å². The fourth-order valence-electron chi connectivity index (χ4n) is 9.32. The molecular weight excluding hydrogens is 400 g/mol. The zero-order valence-electron chi connectivity index (χ0n) is 20.9. The molecule has 0 aromatic rings. The van der Waals surface area contributed by atoms with Gasteiger partial charge in [-0.25, -0.2) is 0 Å². The first-order chi connectivity index (χ1) is 15.0. The van der Waals surface area contributed by atoms with Crippen LogP contribution in [0.2, 0.25) is 0 Å². The van der Waals surface area contributed by atoms with Gasteiger partial charge in [0.2, 0.25) is 0 Å². The van der Waals surface area contributed by atoms with Crippen LogP contribution in [-0.2, 0) is 9.53 Å². The zero-order valence-corrected chi connectivity index (χ0v) is 20.9. The first-order valence-electron chi connectivity index (χ1n) is 13.2. The van der Waals surface area contributed by atoms with Crippen LogP contribution >= 0.6 is 0 Å². The van der Waals surface area contributed by atoms with Gasteiger partial charge in [0, 0.05) is 5.92 Å². The molecule has 0 aromatic heterocycles. The number of carbonyl (C=O) groups is 1. The first-order valence-corrected chi connectivity index (χ1v) is 13.2. The van der Waals surface area contributed by atoms with Gasteiger partial charge in [-0.3, -0.25) is 4.79 Å². The lowest BCUT2D eigenvalue weighted by Crippen LogP contribution is -2.68. The maximum absolute atomic E-state index is 13.3. The van der Waals surface area contributed by atoms with Gasteiger partial charge in [0.15, 0.2) is 5.78 Å². The van der Waals surface area contributed by atoms with Crippen molar-refractivity contribution in [3.8, 4) is 0 Å². The second kappa shape index (κ2) is 7.39. The van der Waals surface area contributed by atoms with Gasteiger partial charge in [-0.05, 0) is 85.7 Å². The van der Waals surface area contributed by atoms with Gasteiger partial charge in [-0.15, -0.1) is 0 Å². The van der Waals surface area contributed by atoms with Gasteiger partial charge in [-0.2, -0.15) is 0 Å². The highest BCUT2D eigenvalue weighted by atomic mass is 16.6. The topological polar surface area (TPSA) is 70.1 Å². The Morgan fingerprint density at radius 1 is 1.12 bits per heavy atom. The van der Waals surface area contributed by atoms with E-state index in [1.807, 2.05) is 13.0 Å². The van der Waals surface area contributed by atoms with Crippen molar-refractivity contribution in [2.75, 3.05) is 0 Å². The second-order valence-corrected chi connectivity index (χ2v) is 13.0. The maximum Gasteiger partial charge on any atom is 0.164 e. The molecule has 12 atom stereocenters. The van der Waals surface area contributed by atoms with E-state index in [2.05, 4.69) is 34.6 Å². The molecule has 1 spiro atoms. The molecule has 0 bridgehead atoms. The van der Waals surface area contributed by atoms with Crippen molar-refractivity contribution in [3.05, 3.63) is 12.2 Å². The van der Waals surface area contributed by atoms with Crippen molar-refractivity contribution in [2.45, 2.75) is 104 Å². The molecule has 1 saturated heterocycles. The van der Waals surface area contributed by atoms with Gasteiger partial charge in [0.1, 0.15) is 11.7 Å². The molecule has 180 valence electrons. The molecule has 0 radical (unpaired) electrons. The van der Waals surface area contributed by atoms with E-state index in [1.54, 1.807) is 6.08 Å². The average Bonchev–Trinajstić information content (AvgIpc) is 3.37. The quantitative estimate of drug-likeness (QED) is 0.599. The number of allylic oxidation sites excluding steroid dienone is 1. The summed E-state index contributed by atoms with van der Waals surface area (Å²) >= 11 is 0. The van der Waals surface area contributed by atoms with Crippen LogP contribution in [-0.4, -0.2) is 39.9 Å². The standard InChI is InChI=1S/C28H44O4/c1-15(2)16(3)7-8-17(4)19-9-10-20-18-13-23(31)28-24(32-28)12-11-22(30)27(28,6)25(18)21(29)14-26(19,20)5/h11-12,15-21,23-25,29,31H,7-10,13-14H2,1-6H3/t16-,17+,18-,19+,20-,21+,23+,24-,25+,26+,27+,28-/m0/s1. The van der Waals surface area contributed by atoms with E-state index in [0.29, 0.717) is 24.2 Å². The predicted molar refractivity (Wildman–Crippen MR) is 125 cm³/mol. The summed E-state index contributed by atoms with van der Waals surface area (Å²) in [6.45, 7) is 13.8. The molecule has 0 amide bonds. The first kappa shape index (κ1) is 23.1. The number of ketones is 1. The number of aliphatic hydroxyl groups excluding tert-OH is 2. The van der Waals surface area contributed by atoms with Gasteiger partial charge in [0.25, 0.3) is 0 Å². The van der Waals surface area contributed by atoms with Crippen LogP contribution in [0.3, 0.4) is 0 Å². The molecule has 1 heterocycles. The number of fused-ring (bicyclic) bond motifs is 4. The molecule has 3 saturated carbocycles. The minimum Gasteiger partial charge on any atom is -0.393 e. The Morgan fingerprint density at radius 3 is 2.53 bits per heavy atom. The minimum atomic E-state index is -0.827. The number of epoxide rings is 1. The maximum atomic E-state index is 13.3.